The van der Waals surface area contributed by atoms with Gasteiger partial charge in [0.2, 0.25) is 11.7 Å². The number of benzene rings is 1. The van der Waals surface area contributed by atoms with E-state index in [0.717, 1.165) is 16.1 Å². The van der Waals surface area contributed by atoms with Crippen LogP contribution in [0.1, 0.15) is 16.2 Å². The van der Waals surface area contributed by atoms with E-state index in [4.69, 9.17) is 9.47 Å². The topological polar surface area (TPSA) is 91.2 Å². The Kier molecular flexibility index (Phi) is 6.65. The molecule has 3 aromatic heterocycles. The van der Waals surface area contributed by atoms with E-state index in [2.05, 4.69) is 20.4 Å². The van der Waals surface area contributed by atoms with Crippen molar-refractivity contribution in [3.63, 3.8) is 0 Å². The minimum absolute atomic E-state index is 0.0954. The zero-order chi connectivity index (χ0) is 21.5. The number of nitrogens with one attached hydrogen (secondary N) is 1. The summed E-state index contributed by atoms with van der Waals surface area (Å²) in [7, 11) is 1.61. The summed E-state index contributed by atoms with van der Waals surface area (Å²) in [6, 6.07) is 17.2. The van der Waals surface area contributed by atoms with Gasteiger partial charge in [-0.1, -0.05) is 30.3 Å². The van der Waals surface area contributed by atoms with Crippen LogP contribution in [0.2, 0.25) is 0 Å². The molecule has 1 N–H and O–H groups in total. The molecule has 0 atom stereocenters. The Morgan fingerprint density at radius 1 is 1.10 bits per heavy atom. The first-order valence-electron chi connectivity index (χ1n) is 9.66. The number of carbonyl (C=O) groups excluding carboxylic acids is 1. The Labute approximate surface area is 183 Å². The third-order valence-electron chi connectivity index (χ3n) is 4.37. The maximum atomic E-state index is 12.8. The fourth-order valence-corrected chi connectivity index (χ4v) is 3.59. The predicted octanol–water partition coefficient (Wildman–Crippen LogP) is 3.35. The molecule has 1 amide bonds. The van der Waals surface area contributed by atoms with Crippen LogP contribution in [0, 0.1) is 0 Å². The summed E-state index contributed by atoms with van der Waals surface area (Å²) in [4.78, 5) is 22.5. The van der Waals surface area contributed by atoms with Crippen LogP contribution in [-0.2, 0) is 11.3 Å². The SMILES string of the molecule is COCCOc1ncccc1CNC(=O)c1nc(-c2cccs2)n(-c2ccccc2)n1. The summed E-state index contributed by atoms with van der Waals surface area (Å²) in [6.45, 7) is 1.07. The monoisotopic (exact) mass is 435 g/mol. The minimum atomic E-state index is -0.376. The molecule has 0 bridgehead atoms. The number of nitrogens with zero attached hydrogens (tertiary/aromatic N) is 4. The Bertz CT molecular complexity index is 1130. The normalized spacial score (nSPS) is 10.7. The third kappa shape index (κ3) is 4.96. The fraction of sp³-hybridized carbons (Fsp3) is 0.182. The van der Waals surface area contributed by atoms with Crippen LogP contribution >= 0.6 is 11.3 Å². The van der Waals surface area contributed by atoms with Gasteiger partial charge in [-0.3, -0.25) is 4.79 Å². The highest BCUT2D eigenvalue weighted by Gasteiger charge is 2.19. The van der Waals surface area contributed by atoms with Gasteiger partial charge in [-0.15, -0.1) is 16.4 Å². The molecule has 0 spiro atoms. The number of amides is 1. The van der Waals surface area contributed by atoms with Gasteiger partial charge in [-0.2, -0.15) is 0 Å². The summed E-state index contributed by atoms with van der Waals surface area (Å²) in [5, 5.41) is 9.29. The molecule has 0 unspecified atom stereocenters. The molecular formula is C22H21N5O3S. The number of hydrogen-bond acceptors (Lipinski definition) is 7. The van der Waals surface area contributed by atoms with Crippen molar-refractivity contribution in [2.45, 2.75) is 6.54 Å². The first kappa shape index (κ1) is 20.7. The van der Waals surface area contributed by atoms with Gasteiger partial charge in [0.15, 0.2) is 5.82 Å². The lowest BCUT2D eigenvalue weighted by molar-refractivity contribution is 0.0940. The molecule has 8 nitrogen and oxygen atoms in total. The van der Waals surface area contributed by atoms with E-state index in [1.54, 1.807) is 35.4 Å². The van der Waals surface area contributed by atoms with Gasteiger partial charge in [0, 0.05) is 25.4 Å². The molecule has 31 heavy (non-hydrogen) atoms. The number of para-hydroxylation sites is 1. The van der Waals surface area contributed by atoms with E-state index in [0.29, 0.717) is 24.9 Å². The quantitative estimate of drug-likeness (QED) is 0.406. The van der Waals surface area contributed by atoms with Crippen molar-refractivity contribution < 1.29 is 14.3 Å². The largest absolute Gasteiger partial charge is 0.475 e. The van der Waals surface area contributed by atoms with Crippen LogP contribution in [0.5, 0.6) is 5.88 Å². The van der Waals surface area contributed by atoms with Crippen molar-refractivity contribution >= 4 is 17.2 Å². The molecule has 158 valence electrons. The van der Waals surface area contributed by atoms with Gasteiger partial charge in [-0.25, -0.2) is 14.6 Å². The van der Waals surface area contributed by atoms with Crippen LogP contribution in [0.15, 0.2) is 66.2 Å². The van der Waals surface area contributed by atoms with Gasteiger partial charge in [0.25, 0.3) is 5.91 Å². The van der Waals surface area contributed by atoms with E-state index in [1.165, 1.54) is 0 Å². The van der Waals surface area contributed by atoms with E-state index >= 15 is 0 Å². The zero-order valence-corrected chi connectivity index (χ0v) is 17.7. The van der Waals surface area contributed by atoms with Crippen molar-refractivity contribution in [3.8, 4) is 22.3 Å². The number of aromatic nitrogens is 4. The molecule has 0 saturated carbocycles. The molecule has 0 radical (unpaired) electrons. The lowest BCUT2D eigenvalue weighted by atomic mass is 10.2. The average Bonchev–Trinajstić information content (AvgIpc) is 3.49. The van der Waals surface area contributed by atoms with Gasteiger partial charge in [0.1, 0.15) is 6.61 Å². The average molecular weight is 436 g/mol. The number of rotatable bonds is 9. The summed E-state index contributed by atoms with van der Waals surface area (Å²) >= 11 is 1.54. The molecule has 0 aliphatic heterocycles. The first-order chi connectivity index (χ1) is 15.3. The fourth-order valence-electron chi connectivity index (χ4n) is 2.89. The second-order valence-electron chi connectivity index (χ2n) is 6.48. The predicted molar refractivity (Wildman–Crippen MR) is 117 cm³/mol. The first-order valence-corrected chi connectivity index (χ1v) is 10.5. The lowest BCUT2D eigenvalue weighted by Crippen LogP contribution is -2.24. The zero-order valence-electron chi connectivity index (χ0n) is 16.9. The van der Waals surface area contributed by atoms with Crippen molar-refractivity contribution in [2.75, 3.05) is 20.3 Å². The molecule has 0 aliphatic rings. The molecular weight excluding hydrogens is 414 g/mol. The Morgan fingerprint density at radius 2 is 1.97 bits per heavy atom. The summed E-state index contributed by atoms with van der Waals surface area (Å²) in [5.41, 5.74) is 1.59. The van der Waals surface area contributed by atoms with Crippen molar-refractivity contribution in [1.82, 2.24) is 25.1 Å². The molecule has 0 aliphatic carbocycles. The van der Waals surface area contributed by atoms with Crippen LogP contribution in [-0.4, -0.2) is 46.0 Å². The van der Waals surface area contributed by atoms with Crippen LogP contribution in [0.25, 0.3) is 16.4 Å². The van der Waals surface area contributed by atoms with Crippen LogP contribution in [0.4, 0.5) is 0 Å². The Hall–Kier alpha value is -3.56. The molecule has 3 heterocycles. The van der Waals surface area contributed by atoms with E-state index in [1.807, 2.05) is 53.9 Å². The number of pyridine rings is 1. The smallest absolute Gasteiger partial charge is 0.291 e. The number of carbonyl (C=O) groups is 1. The Morgan fingerprint density at radius 3 is 2.74 bits per heavy atom. The van der Waals surface area contributed by atoms with E-state index < -0.39 is 0 Å². The molecule has 4 rings (SSSR count). The van der Waals surface area contributed by atoms with Gasteiger partial charge >= 0.3 is 0 Å². The number of thiophene rings is 1. The van der Waals surface area contributed by atoms with E-state index in [9.17, 15) is 4.79 Å². The molecule has 9 heteroatoms. The maximum Gasteiger partial charge on any atom is 0.291 e. The maximum absolute atomic E-state index is 12.8. The number of hydrogen-bond donors (Lipinski definition) is 1. The summed E-state index contributed by atoms with van der Waals surface area (Å²) < 4.78 is 12.3. The van der Waals surface area contributed by atoms with Crippen molar-refractivity contribution in [2.24, 2.45) is 0 Å². The van der Waals surface area contributed by atoms with Gasteiger partial charge in [-0.05, 0) is 29.6 Å². The van der Waals surface area contributed by atoms with Crippen LogP contribution < -0.4 is 10.1 Å². The third-order valence-corrected chi connectivity index (χ3v) is 5.23. The minimum Gasteiger partial charge on any atom is -0.475 e. The van der Waals surface area contributed by atoms with E-state index in [-0.39, 0.29) is 18.3 Å². The highest BCUT2D eigenvalue weighted by molar-refractivity contribution is 7.13. The standard InChI is InChI=1S/C22H21N5O3S/c1-29-12-13-30-22-16(7-5-11-23-22)15-24-21(28)19-25-20(18-10-6-14-31-18)27(26-19)17-8-3-2-4-9-17/h2-11,14H,12-13,15H2,1H3,(H,24,28). The molecule has 0 saturated heterocycles. The second-order valence-corrected chi connectivity index (χ2v) is 7.42. The summed E-state index contributed by atoms with van der Waals surface area (Å²) in [5.74, 6) is 0.801. The lowest BCUT2D eigenvalue weighted by Gasteiger charge is -2.10. The number of methoxy groups -OCH3 is 1. The highest BCUT2D eigenvalue weighted by Crippen LogP contribution is 2.25. The second kappa shape index (κ2) is 9.96. The van der Waals surface area contributed by atoms with Gasteiger partial charge < -0.3 is 14.8 Å². The number of ether oxygens (including phenoxy) is 2. The van der Waals surface area contributed by atoms with Gasteiger partial charge in [0.05, 0.1) is 17.2 Å². The van der Waals surface area contributed by atoms with Crippen LogP contribution in [0.3, 0.4) is 0 Å². The molecule has 1 aromatic carbocycles. The highest BCUT2D eigenvalue weighted by atomic mass is 32.1. The molecule has 0 fully saturated rings. The van der Waals surface area contributed by atoms with Crippen molar-refractivity contribution in [1.29, 1.82) is 0 Å². The Balaban J connectivity index is 1.54. The molecule has 4 aromatic rings. The van der Waals surface area contributed by atoms with Crippen molar-refractivity contribution in [3.05, 3.63) is 77.6 Å². The summed E-state index contributed by atoms with van der Waals surface area (Å²) in [6.07, 6.45) is 1.64.